The lowest BCUT2D eigenvalue weighted by Crippen LogP contribution is -2.17. The van der Waals surface area contributed by atoms with Gasteiger partial charge < -0.3 is 28.9 Å². The molecular formula is C80H50B48N8O4. The molecule has 0 spiro atoms. The highest BCUT2D eigenvalue weighted by Gasteiger charge is 2.65. The third kappa shape index (κ3) is 16.7. The van der Waals surface area contributed by atoms with Gasteiger partial charge in [0.15, 0.2) is 23.3 Å². The van der Waals surface area contributed by atoms with Crippen molar-refractivity contribution < 1.29 is 18.9 Å². The van der Waals surface area contributed by atoms with E-state index in [1.807, 2.05) is 121 Å². The van der Waals surface area contributed by atoms with E-state index in [9.17, 15) is 0 Å². The van der Waals surface area contributed by atoms with Crippen LogP contribution < -0.4 is 18.9 Å². The van der Waals surface area contributed by atoms with Crippen molar-refractivity contribution in [2.75, 3.05) is 0 Å². The Hall–Kier alpha value is -6.56. The molecule has 8 bridgehead atoms. The first kappa shape index (κ1) is 99.4. The predicted molar refractivity (Wildman–Crippen MR) is 619 cm³/mol. The van der Waals surface area contributed by atoms with Gasteiger partial charge in [0.1, 0.15) is 68.6 Å². The van der Waals surface area contributed by atoms with Gasteiger partial charge in [-0.15, -0.1) is 87.4 Å². The summed E-state index contributed by atoms with van der Waals surface area (Å²) in [6.45, 7) is -2.54. The molecule has 60 heteroatoms. The lowest BCUT2D eigenvalue weighted by Gasteiger charge is -2.22. The Morgan fingerprint density at radius 1 is 0.214 bits per heavy atom. The molecule has 16 atom stereocenters. The van der Waals surface area contributed by atoms with Gasteiger partial charge >= 0.3 is 0 Å². The van der Waals surface area contributed by atoms with Crippen molar-refractivity contribution >= 4 is 397 Å². The largest absolute Gasteiger partial charge is 0.457 e. The number of aromatic amines is 2. The van der Waals surface area contributed by atoms with Crippen molar-refractivity contribution in [2.24, 2.45) is 0 Å². The maximum absolute atomic E-state index is 7.12. The third-order valence-electron chi connectivity index (χ3n) is 33.1. The quantitative estimate of drug-likeness (QED) is 0.0524. The van der Waals surface area contributed by atoms with Gasteiger partial charge in [-0.05, 0) is 217 Å². The topological polar surface area (TPSA) is 146 Å². The van der Waals surface area contributed by atoms with Gasteiger partial charge in [0.2, 0.25) is 0 Å². The summed E-state index contributed by atoms with van der Waals surface area (Å²) in [7, 11) is 182. The molecule has 64 radical (unpaired) electrons. The fourth-order valence-corrected chi connectivity index (χ4v) is 24.0. The van der Waals surface area contributed by atoms with Crippen molar-refractivity contribution in [3.63, 3.8) is 0 Å². The minimum Gasteiger partial charge on any atom is -0.457 e. The van der Waals surface area contributed by atoms with Gasteiger partial charge in [0.05, 0.1) is 110 Å². The Labute approximate surface area is 869 Å². The van der Waals surface area contributed by atoms with Crippen molar-refractivity contribution in [1.29, 1.82) is 0 Å². The lowest BCUT2D eigenvalue weighted by molar-refractivity contribution is 0.481. The molecule has 578 valence electrons. The van der Waals surface area contributed by atoms with E-state index in [0.717, 1.165) is 44.5 Å². The normalized spacial score (nSPS) is 27.3. The highest BCUT2D eigenvalue weighted by atomic mass is 16.5. The maximum Gasteiger partial charge on any atom is 0.164 e. The summed E-state index contributed by atoms with van der Waals surface area (Å²) in [6, 6.07) is 46.9. The van der Waals surface area contributed by atoms with Gasteiger partial charge in [0, 0.05) is 287 Å². The standard InChI is InChI=1S/C80H50B48N8O4/c81-105-65-73(113-89,121(65)97)25-33-9-34(26-74(114-90)66(106-82)122(74)98)14-45(13-33)137-41-1-5-49-53(21-41)61-130-57(49)129-58-50-6-2-42(138-46-15-35(27-75(115-91)67(107-83)123(75)99)10-36(16-46)28-76(116-92)68(108-84)124(76)100)22-54(50)62(131-58)133-60-52-8-4-44(140-48-19-39(31-79(119-95)71(111-87)127(79)103)12-40(20-48)32-80(120-96)72(112-88)128(80)104)24-56(52)64(135-60)136-63-55-23-43(3-7-51(55)59(132-61)134-63)139-47-17-37(29-77(117-93)69(109-85)125(77)101)11-38(18-47)30-78(118-94)70(110-86)126(78)102/h1-24,65-72H,25-32H2,(H2,129,130,131,132,133,134,135,136)/i105-1,106-1,107-1,108-1,109-1,110-1,111-1,112-1,113-1,114-1,115-1,116-1,117-1,118-1,119-1,120-1,121-1,122-1,123-1,124-1,125-1,126-1,127-1,128-1. The smallest absolute Gasteiger partial charge is 0.164 e. The van der Waals surface area contributed by atoms with Crippen molar-refractivity contribution in [2.45, 2.75) is 139 Å². The molecule has 0 saturated carbocycles. The Morgan fingerprint density at radius 2 is 0.400 bits per heavy atom. The average Bonchev–Trinajstić information content (AvgIpc) is 1.57. The molecule has 8 aromatic carbocycles. The molecule has 12 nitrogen and oxygen atoms in total. The van der Waals surface area contributed by atoms with Gasteiger partial charge in [-0.3, -0.25) is 0 Å². The van der Waals surface area contributed by atoms with E-state index in [0.29, 0.717) is 164 Å². The zero-order valence-corrected chi connectivity index (χ0v) is 77.2. The molecule has 10 aliphatic heterocycles. The Kier molecular flexibility index (Phi) is 27.0. The van der Waals surface area contributed by atoms with E-state index in [1.165, 1.54) is 0 Å². The second kappa shape index (κ2) is 38.0. The Morgan fingerprint density at radius 3 is 0.593 bits per heavy atom. The second-order valence-corrected chi connectivity index (χ2v) is 40.4. The van der Waals surface area contributed by atoms with Crippen LogP contribution in [0.25, 0.3) is 89.7 Å². The molecule has 11 aromatic rings. The number of hydrogen-bond donors (Lipinski definition) is 2. The number of nitrogens with one attached hydrogen (secondary N) is 2. The fraction of sp³-hybridized carbons (Fsp3) is 0.300. The van der Waals surface area contributed by atoms with Crippen LogP contribution in [0.4, 0.5) is 0 Å². The lowest BCUT2D eigenvalue weighted by atomic mass is 8.78. The van der Waals surface area contributed by atoms with Crippen LogP contribution in [0.3, 0.4) is 0 Å². The summed E-state index contributed by atoms with van der Waals surface area (Å²) in [5.74, 6) is 4.70. The third-order valence-corrected chi connectivity index (χ3v) is 33.1. The number of H-pyrrole nitrogens is 2. The molecule has 16 unspecified atom stereocenters. The number of rotatable bonds is 40. The maximum atomic E-state index is 7.12. The van der Waals surface area contributed by atoms with Crippen LogP contribution in [-0.2, 0) is 51.4 Å². The molecule has 0 aliphatic carbocycles. The fourth-order valence-electron chi connectivity index (χ4n) is 24.0. The van der Waals surface area contributed by atoms with Crippen LogP contribution in [0.15, 0.2) is 146 Å². The number of hydrogen-bond acceptors (Lipinski definition) is 10. The van der Waals surface area contributed by atoms with Gasteiger partial charge in [-0.25, -0.2) is 29.9 Å². The summed E-state index contributed by atoms with van der Waals surface area (Å²) in [6.07, 6.45) is 3.57. The first-order chi connectivity index (χ1) is 67.5. The van der Waals surface area contributed by atoms with Crippen molar-refractivity contribution in [3.05, 3.63) is 190 Å². The monoisotopic (exact) mass is 1690 g/mol. The number of benzene rings is 8. The van der Waals surface area contributed by atoms with Crippen LogP contribution in [0.1, 0.15) is 44.5 Å². The van der Waals surface area contributed by atoms with Gasteiger partial charge in [-0.2, -0.15) is 0 Å². The van der Waals surface area contributed by atoms with Crippen LogP contribution in [0.2, 0.25) is 87.4 Å². The zero-order valence-electron chi connectivity index (χ0n) is 77.2. The summed E-state index contributed by atoms with van der Waals surface area (Å²) < 4.78 is 28.4. The van der Waals surface area contributed by atoms with E-state index in [-0.39, 0.29) is 122 Å². The van der Waals surface area contributed by atoms with Crippen molar-refractivity contribution in [1.82, 2.24) is 39.9 Å². The number of fused-ring (bicyclic) bond motifs is 20. The van der Waals surface area contributed by atoms with E-state index in [2.05, 4.69) is 34.2 Å². The summed E-state index contributed by atoms with van der Waals surface area (Å²) >= 11 is 0. The van der Waals surface area contributed by atoms with Crippen LogP contribution >= 0.6 is 0 Å². The molecule has 3 aromatic heterocycles. The van der Waals surface area contributed by atoms with E-state index in [1.54, 1.807) is 115 Å². The van der Waals surface area contributed by atoms with Gasteiger partial charge in [-0.1, -0.05) is 24.3 Å². The Bertz CT molecular complexity index is 6720. The highest BCUT2D eigenvalue weighted by Crippen LogP contribution is 2.69. The first-order valence-electron chi connectivity index (χ1n) is 47.1. The molecule has 140 heavy (non-hydrogen) atoms. The summed E-state index contributed by atoms with van der Waals surface area (Å²) in [5.41, 5.74) is 9.38. The number of ether oxygens (including phenoxy) is 4. The molecule has 2 N–H and O–H groups in total. The number of nitrogens with zero attached hydrogens (tertiary/aromatic N) is 6. The van der Waals surface area contributed by atoms with Crippen LogP contribution in [0, 0.1) is 0 Å². The molecule has 8 fully saturated rings. The summed E-state index contributed by atoms with van der Waals surface area (Å²) in [5, 5.41) is -2.60. The van der Waals surface area contributed by atoms with E-state index >= 15 is 0 Å². The van der Waals surface area contributed by atoms with E-state index < -0.39 is 41.7 Å². The SMILES string of the molecule is [B][10B]C1[10B]([B])C1([10B][B])Cc1cc(CC2([10B][B])[10B]([B])C2[10B][B])cc(Oc2ccc3c(c2)-c2nc-3nc3[nH]c(nc4nc(nc5[nH]c(n2)c2ccc(Oc6cc(CC7([10B][B])[10B]([B])C7[10B][B])cc(CC7([10B][B])[10B]([B])C7[10B][B])c6)cc52)-c2cc(Oc5cc(CC6([10B][B])[10B]([B])C6[10B][B])cc(CC6([10B][B])[10B]([B])C6[10B][B])c5)ccc2-4)c2cc(Oc4cc(CC5([10B][B])[10B]([B])C5[10B][B])cc(CC5([10B][B])[10B]([B])C5[10B][B])c4)ccc32)c1. The number of aromatic nitrogens is 8. The second-order valence-electron chi connectivity index (χ2n) is 40.4. The molecule has 21 rings (SSSR count). The molecule has 0 amide bonds. The van der Waals surface area contributed by atoms with Crippen LogP contribution in [-0.4, -0.2) is 393 Å². The molecule has 13 heterocycles. The highest BCUT2D eigenvalue weighted by molar-refractivity contribution is 7.34. The molecule has 10 aliphatic rings. The molecular weight excluding hydrogens is 1640 g/mol. The van der Waals surface area contributed by atoms with E-state index in [4.69, 9.17) is 235 Å². The van der Waals surface area contributed by atoms with Crippen LogP contribution in [0.5, 0.6) is 46.0 Å². The van der Waals surface area contributed by atoms with Crippen molar-refractivity contribution in [3.8, 4) is 91.5 Å². The zero-order chi connectivity index (χ0) is 98.1. The minimum absolute atomic E-state index is 0.166. The average molecular weight is 1690 g/mol. The first-order valence-corrected chi connectivity index (χ1v) is 47.1. The minimum atomic E-state index is -0.627. The summed E-state index contributed by atoms with van der Waals surface area (Å²) in [4.78, 5) is 40.4. The molecule has 8 saturated heterocycles. The predicted octanol–water partition coefficient (Wildman–Crippen LogP) is 0.575. The van der Waals surface area contributed by atoms with Gasteiger partial charge in [0.25, 0.3) is 0 Å². The Balaban J connectivity index is 0.752.